The molecule has 0 fully saturated rings. The van der Waals surface area contributed by atoms with Gasteiger partial charge in [-0.2, -0.15) is 0 Å². The highest BCUT2D eigenvalue weighted by atomic mass is 32.2. The molecule has 2 aromatic rings. The van der Waals surface area contributed by atoms with Gasteiger partial charge in [-0.15, -0.1) is 0 Å². The first-order valence-corrected chi connectivity index (χ1v) is 9.24. The predicted octanol–water partition coefficient (Wildman–Crippen LogP) is 2.56. The number of carbonyl (C=O) groups excluding carboxylic acids is 1. The molecule has 0 aromatic heterocycles. The SMILES string of the molecule is CCOC(=O)c1ccc(CNS(=O)(=O)c2cccc([N+](=O)[O-])c2C)cc1. The van der Waals surface area contributed by atoms with Gasteiger partial charge in [0.15, 0.2) is 0 Å². The van der Waals surface area contributed by atoms with Gasteiger partial charge in [0.1, 0.15) is 0 Å². The molecule has 26 heavy (non-hydrogen) atoms. The van der Waals surface area contributed by atoms with Crippen LogP contribution in [0.2, 0.25) is 0 Å². The van der Waals surface area contributed by atoms with Crippen LogP contribution in [0.1, 0.15) is 28.4 Å². The molecule has 0 bridgehead atoms. The topological polar surface area (TPSA) is 116 Å². The van der Waals surface area contributed by atoms with E-state index in [0.717, 1.165) is 0 Å². The number of nitrogens with zero attached hydrogens (tertiary/aromatic N) is 1. The summed E-state index contributed by atoms with van der Waals surface area (Å²) in [5.74, 6) is -0.452. The molecule has 0 unspecified atom stereocenters. The van der Waals surface area contributed by atoms with Gasteiger partial charge in [-0.1, -0.05) is 18.2 Å². The molecule has 0 atom stereocenters. The Labute approximate surface area is 151 Å². The van der Waals surface area contributed by atoms with E-state index >= 15 is 0 Å². The normalized spacial score (nSPS) is 11.2. The zero-order valence-corrected chi connectivity index (χ0v) is 15.1. The molecule has 0 aliphatic rings. The lowest BCUT2D eigenvalue weighted by Gasteiger charge is -2.10. The van der Waals surface area contributed by atoms with Crippen LogP contribution < -0.4 is 4.72 Å². The van der Waals surface area contributed by atoms with Crippen molar-refractivity contribution < 1.29 is 22.9 Å². The number of ether oxygens (including phenoxy) is 1. The number of nitro groups is 1. The molecule has 0 heterocycles. The van der Waals surface area contributed by atoms with Gasteiger partial charge >= 0.3 is 5.97 Å². The summed E-state index contributed by atoms with van der Waals surface area (Å²) in [7, 11) is -3.93. The van der Waals surface area contributed by atoms with Gasteiger partial charge in [-0.3, -0.25) is 10.1 Å². The molecule has 1 N–H and O–H groups in total. The molecule has 0 saturated carbocycles. The summed E-state index contributed by atoms with van der Waals surface area (Å²) < 4.78 is 32.2. The Kier molecular flexibility index (Phi) is 6.06. The Morgan fingerprint density at radius 2 is 1.85 bits per heavy atom. The first kappa shape index (κ1) is 19.5. The molecule has 0 aliphatic carbocycles. The van der Waals surface area contributed by atoms with Crippen LogP contribution >= 0.6 is 0 Å². The van der Waals surface area contributed by atoms with Crippen LogP contribution in [-0.2, 0) is 21.3 Å². The number of hydrogen-bond acceptors (Lipinski definition) is 6. The Morgan fingerprint density at radius 1 is 1.19 bits per heavy atom. The third-order valence-electron chi connectivity index (χ3n) is 3.67. The van der Waals surface area contributed by atoms with Crippen LogP contribution in [0.5, 0.6) is 0 Å². The number of carbonyl (C=O) groups is 1. The fraction of sp³-hybridized carbons (Fsp3) is 0.235. The summed E-state index contributed by atoms with van der Waals surface area (Å²) in [5, 5.41) is 11.0. The number of benzene rings is 2. The predicted molar refractivity (Wildman–Crippen MR) is 94.3 cm³/mol. The smallest absolute Gasteiger partial charge is 0.338 e. The van der Waals surface area contributed by atoms with Crippen LogP contribution in [0.25, 0.3) is 0 Å². The molecule has 0 radical (unpaired) electrons. The van der Waals surface area contributed by atoms with E-state index in [-0.39, 0.29) is 29.3 Å². The van der Waals surface area contributed by atoms with Gasteiger partial charge in [0.2, 0.25) is 10.0 Å². The summed E-state index contributed by atoms with van der Waals surface area (Å²) in [5.41, 5.74) is 0.812. The molecular weight excluding hydrogens is 360 g/mol. The second-order valence-electron chi connectivity index (χ2n) is 5.40. The van der Waals surface area contributed by atoms with Gasteiger partial charge in [-0.05, 0) is 37.6 Å². The molecule has 138 valence electrons. The maximum Gasteiger partial charge on any atom is 0.338 e. The largest absolute Gasteiger partial charge is 0.462 e. The van der Waals surface area contributed by atoms with E-state index < -0.39 is 20.9 Å². The van der Waals surface area contributed by atoms with Gasteiger partial charge in [-0.25, -0.2) is 17.9 Å². The first-order chi connectivity index (χ1) is 12.3. The lowest BCUT2D eigenvalue weighted by molar-refractivity contribution is -0.385. The third kappa shape index (κ3) is 4.44. The van der Waals surface area contributed by atoms with Crippen molar-refractivity contribution >= 4 is 21.7 Å². The monoisotopic (exact) mass is 378 g/mol. The van der Waals surface area contributed by atoms with Crippen molar-refractivity contribution in [1.29, 1.82) is 0 Å². The zero-order valence-electron chi connectivity index (χ0n) is 14.3. The first-order valence-electron chi connectivity index (χ1n) is 7.76. The van der Waals surface area contributed by atoms with Gasteiger partial charge < -0.3 is 4.74 Å². The van der Waals surface area contributed by atoms with Crippen molar-refractivity contribution in [1.82, 2.24) is 4.72 Å². The zero-order chi connectivity index (χ0) is 19.3. The van der Waals surface area contributed by atoms with E-state index in [9.17, 15) is 23.3 Å². The fourth-order valence-corrected chi connectivity index (χ4v) is 3.60. The lowest BCUT2D eigenvalue weighted by Crippen LogP contribution is -2.24. The van der Waals surface area contributed by atoms with Crippen LogP contribution in [-0.4, -0.2) is 25.9 Å². The van der Waals surface area contributed by atoms with Gasteiger partial charge in [0.05, 0.1) is 22.0 Å². The Balaban J connectivity index is 2.15. The molecule has 8 nitrogen and oxygen atoms in total. The van der Waals surface area contributed by atoms with Crippen molar-refractivity contribution in [3.63, 3.8) is 0 Å². The van der Waals surface area contributed by atoms with Crippen LogP contribution in [0.3, 0.4) is 0 Å². The van der Waals surface area contributed by atoms with Gasteiger partial charge in [0, 0.05) is 18.2 Å². The molecule has 9 heteroatoms. The Bertz CT molecular complexity index is 923. The number of hydrogen-bond donors (Lipinski definition) is 1. The number of rotatable bonds is 7. The quantitative estimate of drug-likeness (QED) is 0.450. The van der Waals surface area contributed by atoms with Crippen LogP contribution in [0, 0.1) is 17.0 Å². The van der Waals surface area contributed by atoms with Crippen molar-refractivity contribution in [2.24, 2.45) is 0 Å². The standard InChI is InChI=1S/C17H18N2O6S/c1-3-25-17(20)14-9-7-13(8-10-14)11-18-26(23,24)16-6-4-5-15(12(16)2)19(21)22/h4-10,18H,3,11H2,1-2H3. The number of nitro benzene ring substituents is 1. The summed E-state index contributed by atoms with van der Waals surface area (Å²) in [4.78, 5) is 21.8. The van der Waals surface area contributed by atoms with E-state index in [1.807, 2.05) is 0 Å². The fourth-order valence-electron chi connectivity index (χ4n) is 2.32. The molecule has 0 aliphatic heterocycles. The minimum atomic E-state index is -3.93. The molecule has 2 aromatic carbocycles. The molecule has 0 amide bonds. The van der Waals surface area contributed by atoms with Crippen LogP contribution in [0.4, 0.5) is 5.69 Å². The Morgan fingerprint density at radius 3 is 2.42 bits per heavy atom. The van der Waals surface area contributed by atoms with E-state index in [0.29, 0.717) is 11.1 Å². The van der Waals surface area contributed by atoms with E-state index in [4.69, 9.17) is 4.74 Å². The molecule has 0 spiro atoms. The van der Waals surface area contributed by atoms with Crippen molar-refractivity contribution in [2.45, 2.75) is 25.3 Å². The van der Waals surface area contributed by atoms with Crippen molar-refractivity contribution in [3.8, 4) is 0 Å². The van der Waals surface area contributed by atoms with E-state index in [2.05, 4.69) is 4.72 Å². The summed E-state index contributed by atoms with van der Waals surface area (Å²) in [6.45, 7) is 3.34. The second-order valence-corrected chi connectivity index (χ2v) is 7.13. The maximum atomic E-state index is 12.5. The van der Waals surface area contributed by atoms with Gasteiger partial charge in [0.25, 0.3) is 5.69 Å². The lowest BCUT2D eigenvalue weighted by atomic mass is 10.1. The molecule has 2 rings (SSSR count). The van der Waals surface area contributed by atoms with Crippen LogP contribution in [0.15, 0.2) is 47.4 Å². The highest BCUT2D eigenvalue weighted by Gasteiger charge is 2.22. The summed E-state index contributed by atoms with van der Waals surface area (Å²) in [6.07, 6.45) is 0. The maximum absolute atomic E-state index is 12.5. The highest BCUT2D eigenvalue weighted by molar-refractivity contribution is 7.89. The summed E-state index contributed by atoms with van der Waals surface area (Å²) in [6, 6.07) is 10.2. The Hall–Kier alpha value is -2.78. The molecule has 0 saturated heterocycles. The number of nitrogens with one attached hydrogen (secondary N) is 1. The van der Waals surface area contributed by atoms with E-state index in [1.165, 1.54) is 25.1 Å². The minimum absolute atomic E-state index is 0.0203. The number of esters is 1. The third-order valence-corrected chi connectivity index (χ3v) is 5.22. The summed E-state index contributed by atoms with van der Waals surface area (Å²) >= 11 is 0. The molecular formula is C17H18N2O6S. The highest BCUT2D eigenvalue weighted by Crippen LogP contribution is 2.24. The second kappa shape index (κ2) is 8.07. The van der Waals surface area contributed by atoms with E-state index in [1.54, 1.807) is 31.2 Å². The van der Waals surface area contributed by atoms with Crippen molar-refractivity contribution in [3.05, 3.63) is 69.3 Å². The minimum Gasteiger partial charge on any atom is -0.462 e. The van der Waals surface area contributed by atoms with Crippen molar-refractivity contribution in [2.75, 3.05) is 6.61 Å². The number of sulfonamides is 1. The average Bonchev–Trinajstić information content (AvgIpc) is 2.60. The average molecular weight is 378 g/mol.